The molecule has 2 amide bonds. The van der Waals surface area contributed by atoms with Crippen LogP contribution in [0, 0.1) is 6.92 Å². The number of aryl methyl sites for hydroxylation is 1. The molecule has 1 saturated heterocycles. The molecule has 1 aliphatic rings. The van der Waals surface area contributed by atoms with Gasteiger partial charge in [0.2, 0.25) is 0 Å². The summed E-state index contributed by atoms with van der Waals surface area (Å²) in [5, 5.41) is 6.81. The van der Waals surface area contributed by atoms with Crippen LogP contribution in [0.2, 0.25) is 0 Å². The number of rotatable bonds is 5. The number of carbonyl (C=O) groups is 1. The summed E-state index contributed by atoms with van der Waals surface area (Å²) in [6, 6.07) is 11.7. The molecule has 0 aliphatic carbocycles. The Bertz CT molecular complexity index is 986. The van der Waals surface area contributed by atoms with Crippen LogP contribution in [-0.2, 0) is 0 Å². The average molecular weight is 377 g/mol. The number of hydrogen-bond donors (Lipinski definition) is 1. The Morgan fingerprint density at radius 2 is 2.07 bits per heavy atom. The van der Waals surface area contributed by atoms with Crippen LogP contribution in [0.15, 0.2) is 48.8 Å². The van der Waals surface area contributed by atoms with Crippen LogP contribution in [-0.4, -0.2) is 46.3 Å². The summed E-state index contributed by atoms with van der Waals surface area (Å²) in [6.45, 7) is 5.26. The third-order valence-electron chi connectivity index (χ3n) is 5.24. The quantitative estimate of drug-likeness (QED) is 0.734. The first-order valence-electron chi connectivity index (χ1n) is 9.27. The zero-order valence-corrected chi connectivity index (χ0v) is 16.2. The molecule has 1 N–H and O–H groups in total. The van der Waals surface area contributed by atoms with E-state index < -0.39 is 0 Å². The lowest BCUT2D eigenvalue weighted by Crippen LogP contribution is -2.34. The highest BCUT2D eigenvalue weighted by Crippen LogP contribution is 2.30. The van der Waals surface area contributed by atoms with E-state index in [0.29, 0.717) is 18.9 Å². The molecule has 2 aromatic heterocycles. The maximum absolute atomic E-state index is 13.1. The molecule has 1 fully saturated rings. The highest BCUT2D eigenvalue weighted by Gasteiger charge is 2.34. The molecule has 3 aromatic rings. The van der Waals surface area contributed by atoms with Crippen molar-refractivity contribution in [2.75, 3.05) is 25.1 Å². The Kier molecular flexibility index (Phi) is 4.73. The van der Waals surface area contributed by atoms with E-state index in [-0.39, 0.29) is 12.1 Å². The number of nitrogens with zero attached hydrogens (tertiary/aromatic N) is 4. The van der Waals surface area contributed by atoms with Gasteiger partial charge >= 0.3 is 6.03 Å². The summed E-state index contributed by atoms with van der Waals surface area (Å²) >= 11 is 0. The Labute approximate surface area is 164 Å². The van der Waals surface area contributed by atoms with Crippen molar-refractivity contribution in [2.24, 2.45) is 0 Å². The second-order valence-electron chi connectivity index (χ2n) is 6.87. The second kappa shape index (κ2) is 7.34. The van der Waals surface area contributed by atoms with Gasteiger partial charge in [-0.3, -0.25) is 10.00 Å². The van der Waals surface area contributed by atoms with Gasteiger partial charge in [-0.05, 0) is 43.7 Å². The normalized spacial score (nSPS) is 15.2. The number of pyridine rings is 1. The molecule has 1 aromatic carbocycles. The third-order valence-corrected chi connectivity index (χ3v) is 5.24. The first kappa shape index (κ1) is 18.0. The van der Waals surface area contributed by atoms with Crippen LogP contribution in [0.1, 0.15) is 24.2 Å². The molecular formula is C21H23N5O2. The first-order valence-corrected chi connectivity index (χ1v) is 9.27. The van der Waals surface area contributed by atoms with Gasteiger partial charge in [-0.1, -0.05) is 12.1 Å². The van der Waals surface area contributed by atoms with Crippen molar-refractivity contribution in [3.63, 3.8) is 0 Å². The van der Waals surface area contributed by atoms with Gasteiger partial charge < -0.3 is 9.64 Å². The van der Waals surface area contributed by atoms with Crippen LogP contribution in [0.25, 0.3) is 11.1 Å². The first-order chi connectivity index (χ1) is 13.6. The largest absolute Gasteiger partial charge is 0.497 e. The van der Waals surface area contributed by atoms with Gasteiger partial charge in [0.25, 0.3) is 0 Å². The molecule has 1 unspecified atom stereocenters. The number of ether oxygens (including phenoxy) is 1. The Morgan fingerprint density at radius 1 is 1.21 bits per heavy atom. The molecule has 1 aliphatic heterocycles. The average Bonchev–Trinajstić information content (AvgIpc) is 3.37. The van der Waals surface area contributed by atoms with E-state index in [4.69, 9.17) is 4.74 Å². The van der Waals surface area contributed by atoms with E-state index in [9.17, 15) is 4.79 Å². The van der Waals surface area contributed by atoms with Crippen LogP contribution < -0.4 is 9.64 Å². The highest BCUT2D eigenvalue weighted by molar-refractivity contribution is 5.93. The Hall–Kier alpha value is -3.35. The van der Waals surface area contributed by atoms with Crippen molar-refractivity contribution in [2.45, 2.75) is 19.9 Å². The number of urea groups is 1. The second-order valence-corrected chi connectivity index (χ2v) is 6.87. The van der Waals surface area contributed by atoms with Crippen LogP contribution in [0.3, 0.4) is 0 Å². The van der Waals surface area contributed by atoms with Crippen molar-refractivity contribution in [3.8, 4) is 16.9 Å². The lowest BCUT2D eigenvalue weighted by Gasteiger charge is -2.25. The SMILES string of the molecule is COc1cccc(C(C)N2CCN(c3ccc(-c4cn[nH]c4)c(C)n3)C2=O)c1. The molecule has 7 heteroatoms. The lowest BCUT2D eigenvalue weighted by atomic mass is 10.1. The monoisotopic (exact) mass is 377 g/mol. The van der Waals surface area contributed by atoms with Crippen LogP contribution >= 0.6 is 0 Å². The number of benzene rings is 1. The molecule has 0 saturated carbocycles. The lowest BCUT2D eigenvalue weighted by molar-refractivity contribution is 0.205. The van der Waals surface area contributed by atoms with Crippen molar-refractivity contribution in [1.82, 2.24) is 20.1 Å². The van der Waals surface area contributed by atoms with Crippen molar-refractivity contribution in [1.29, 1.82) is 0 Å². The predicted molar refractivity (Wildman–Crippen MR) is 107 cm³/mol. The fourth-order valence-electron chi connectivity index (χ4n) is 3.61. The number of anilines is 1. The minimum absolute atomic E-state index is 0.0294. The zero-order valence-electron chi connectivity index (χ0n) is 16.2. The standard InChI is InChI=1S/C21H23N5O2/c1-14-19(17-12-22-23-13-17)7-8-20(24-14)26-10-9-25(21(26)27)15(2)16-5-4-6-18(11-16)28-3/h4-8,11-13,15H,9-10H2,1-3H3,(H,22,23). The molecule has 144 valence electrons. The molecular weight excluding hydrogens is 354 g/mol. The van der Waals surface area contributed by atoms with Crippen molar-refractivity contribution < 1.29 is 9.53 Å². The maximum atomic E-state index is 13.1. The Balaban J connectivity index is 1.55. The fourth-order valence-corrected chi connectivity index (χ4v) is 3.61. The minimum Gasteiger partial charge on any atom is -0.497 e. The predicted octanol–water partition coefficient (Wildman–Crippen LogP) is 3.79. The van der Waals surface area contributed by atoms with E-state index in [1.807, 2.05) is 61.3 Å². The van der Waals surface area contributed by atoms with Gasteiger partial charge in [0.1, 0.15) is 11.6 Å². The van der Waals surface area contributed by atoms with Crippen molar-refractivity contribution in [3.05, 3.63) is 60.0 Å². The number of amides is 2. The molecule has 0 bridgehead atoms. The number of nitrogens with one attached hydrogen (secondary N) is 1. The van der Waals surface area contributed by atoms with Gasteiger partial charge in [-0.2, -0.15) is 5.10 Å². The number of aromatic nitrogens is 3. The Morgan fingerprint density at radius 3 is 2.79 bits per heavy atom. The van der Waals surface area contributed by atoms with Gasteiger partial charge in [-0.15, -0.1) is 0 Å². The van der Waals surface area contributed by atoms with Gasteiger partial charge in [0, 0.05) is 36.1 Å². The van der Waals surface area contributed by atoms with E-state index in [0.717, 1.165) is 28.1 Å². The number of hydrogen-bond acceptors (Lipinski definition) is 4. The van der Waals surface area contributed by atoms with E-state index in [1.54, 1.807) is 18.2 Å². The molecule has 4 rings (SSSR count). The molecule has 28 heavy (non-hydrogen) atoms. The topological polar surface area (TPSA) is 74.3 Å². The van der Waals surface area contributed by atoms with E-state index >= 15 is 0 Å². The van der Waals surface area contributed by atoms with E-state index in [1.165, 1.54) is 0 Å². The maximum Gasteiger partial charge on any atom is 0.326 e. The molecule has 1 atom stereocenters. The number of methoxy groups -OCH3 is 1. The molecule has 0 radical (unpaired) electrons. The molecule has 7 nitrogen and oxygen atoms in total. The van der Waals surface area contributed by atoms with Gasteiger partial charge in [-0.25, -0.2) is 9.78 Å². The molecule has 3 heterocycles. The van der Waals surface area contributed by atoms with Crippen LogP contribution in [0.5, 0.6) is 5.75 Å². The summed E-state index contributed by atoms with van der Waals surface area (Å²) in [5.41, 5.74) is 3.91. The third kappa shape index (κ3) is 3.19. The number of H-pyrrole nitrogens is 1. The zero-order chi connectivity index (χ0) is 19.7. The smallest absolute Gasteiger partial charge is 0.326 e. The fraction of sp³-hybridized carbons (Fsp3) is 0.286. The minimum atomic E-state index is -0.0427. The number of aromatic amines is 1. The highest BCUT2D eigenvalue weighted by atomic mass is 16.5. The van der Waals surface area contributed by atoms with Gasteiger partial charge in [0.15, 0.2) is 0 Å². The summed E-state index contributed by atoms with van der Waals surface area (Å²) in [5.74, 6) is 1.47. The van der Waals surface area contributed by atoms with Crippen LogP contribution in [0.4, 0.5) is 10.6 Å². The van der Waals surface area contributed by atoms with Gasteiger partial charge in [0.05, 0.1) is 19.3 Å². The summed E-state index contributed by atoms with van der Waals surface area (Å²) < 4.78 is 5.31. The van der Waals surface area contributed by atoms with E-state index in [2.05, 4.69) is 15.2 Å². The molecule has 0 spiro atoms. The summed E-state index contributed by atoms with van der Waals surface area (Å²) in [7, 11) is 1.65. The number of carbonyl (C=O) groups excluding carboxylic acids is 1. The summed E-state index contributed by atoms with van der Waals surface area (Å²) in [6.07, 6.45) is 3.60. The summed E-state index contributed by atoms with van der Waals surface area (Å²) in [4.78, 5) is 21.3. The van der Waals surface area contributed by atoms with Crippen molar-refractivity contribution >= 4 is 11.8 Å².